The summed E-state index contributed by atoms with van der Waals surface area (Å²) in [6.07, 6.45) is 7.81. The van der Waals surface area contributed by atoms with Crippen molar-refractivity contribution >= 4 is 64.1 Å². The van der Waals surface area contributed by atoms with Crippen molar-refractivity contribution in [2.45, 2.75) is 52.0 Å². The van der Waals surface area contributed by atoms with E-state index in [4.69, 9.17) is 0 Å². The van der Waals surface area contributed by atoms with Gasteiger partial charge in [-0.15, -0.1) is 11.3 Å². The third kappa shape index (κ3) is 4.69. The third-order valence-corrected chi connectivity index (χ3v) is 10.6. The molecule has 0 aliphatic rings. The van der Waals surface area contributed by atoms with E-state index in [0.29, 0.717) is 0 Å². The second-order valence-electron chi connectivity index (χ2n) is 12.2. The molecule has 2 aromatic heterocycles. The molecule has 0 amide bonds. The summed E-state index contributed by atoms with van der Waals surface area (Å²) in [6.45, 7) is 3.34. The fourth-order valence-corrected chi connectivity index (χ4v) is 8.41. The van der Waals surface area contributed by atoms with Gasteiger partial charge in [-0.25, -0.2) is 0 Å². The van der Waals surface area contributed by atoms with Crippen LogP contribution in [0.5, 0.6) is 0 Å². The maximum atomic E-state index is 2.64. The lowest BCUT2D eigenvalue weighted by atomic mass is 10.0. The van der Waals surface area contributed by atoms with Crippen LogP contribution >= 0.6 is 11.3 Å². The molecule has 0 saturated carbocycles. The number of aryl methyl sites for hydroxylation is 1. The molecule has 44 heavy (non-hydrogen) atoms. The Morgan fingerprint density at radius 2 is 1.02 bits per heavy atom. The van der Waals surface area contributed by atoms with Gasteiger partial charge in [0, 0.05) is 53.8 Å². The Morgan fingerprint density at radius 1 is 0.477 bits per heavy atom. The first-order valence-electron chi connectivity index (χ1n) is 16.2. The zero-order valence-corrected chi connectivity index (χ0v) is 26.2. The predicted molar refractivity (Wildman–Crippen MR) is 194 cm³/mol. The average Bonchev–Trinajstić information content (AvgIpc) is 3.62. The van der Waals surface area contributed by atoms with Gasteiger partial charge >= 0.3 is 0 Å². The Morgan fingerprint density at radius 3 is 1.73 bits per heavy atom. The van der Waals surface area contributed by atoms with Crippen LogP contribution in [0.25, 0.3) is 75.0 Å². The first kappa shape index (κ1) is 27.2. The SMILES string of the molecule is CCCCCCCCn1c2cc(-c3ccccc3)ccc2c2ccc3c(ccc4c5ccc(-c6ccccc6)cc5sc43)c21. The molecule has 216 valence electrons. The smallest absolute Gasteiger partial charge is 0.0571 e. The highest BCUT2D eigenvalue weighted by atomic mass is 32.1. The van der Waals surface area contributed by atoms with E-state index in [1.807, 2.05) is 11.3 Å². The molecule has 1 nitrogen and oxygen atoms in total. The largest absolute Gasteiger partial charge is 0.340 e. The lowest BCUT2D eigenvalue weighted by Crippen LogP contribution is -1.98. The Hall–Kier alpha value is -4.40. The molecule has 6 aromatic carbocycles. The Bertz CT molecular complexity index is 2250. The van der Waals surface area contributed by atoms with Crippen LogP contribution in [0.4, 0.5) is 0 Å². The van der Waals surface area contributed by atoms with Crippen LogP contribution in [0.1, 0.15) is 45.4 Å². The number of aromatic nitrogens is 1. The van der Waals surface area contributed by atoms with E-state index < -0.39 is 0 Å². The van der Waals surface area contributed by atoms with Crippen molar-refractivity contribution in [3.05, 3.63) is 121 Å². The van der Waals surface area contributed by atoms with Crippen molar-refractivity contribution < 1.29 is 0 Å². The molecule has 0 bridgehead atoms. The van der Waals surface area contributed by atoms with Gasteiger partial charge in [-0.2, -0.15) is 0 Å². The third-order valence-electron chi connectivity index (χ3n) is 9.40. The number of unbranched alkanes of at least 4 members (excludes halogenated alkanes) is 5. The van der Waals surface area contributed by atoms with Crippen LogP contribution in [0.2, 0.25) is 0 Å². The predicted octanol–water partition coefficient (Wildman–Crippen LogP) is 13.0. The number of hydrogen-bond donors (Lipinski definition) is 0. The molecular weight excluding hydrogens is 551 g/mol. The van der Waals surface area contributed by atoms with Crippen LogP contribution < -0.4 is 0 Å². The fourth-order valence-electron chi connectivity index (χ4n) is 7.14. The molecule has 0 radical (unpaired) electrons. The maximum Gasteiger partial charge on any atom is 0.0571 e. The van der Waals surface area contributed by atoms with E-state index in [2.05, 4.69) is 133 Å². The molecule has 8 rings (SSSR count). The topological polar surface area (TPSA) is 4.93 Å². The van der Waals surface area contributed by atoms with Crippen molar-refractivity contribution in [3.63, 3.8) is 0 Å². The molecule has 0 aliphatic carbocycles. The minimum absolute atomic E-state index is 1.05. The molecule has 2 heteroatoms. The van der Waals surface area contributed by atoms with Gasteiger partial charge in [0.05, 0.1) is 5.52 Å². The van der Waals surface area contributed by atoms with Gasteiger partial charge in [0.25, 0.3) is 0 Å². The zero-order valence-electron chi connectivity index (χ0n) is 25.4. The Labute approximate surface area is 263 Å². The molecular formula is C42H37NS. The van der Waals surface area contributed by atoms with Crippen LogP contribution in [-0.2, 0) is 6.54 Å². The first-order chi connectivity index (χ1) is 21.8. The summed E-state index contributed by atoms with van der Waals surface area (Å²) in [5, 5.41) is 8.18. The molecule has 0 N–H and O–H groups in total. The van der Waals surface area contributed by atoms with E-state index in [9.17, 15) is 0 Å². The summed E-state index contributed by atoms with van der Waals surface area (Å²) in [5.74, 6) is 0. The van der Waals surface area contributed by atoms with Crippen molar-refractivity contribution in [1.82, 2.24) is 4.57 Å². The number of hydrogen-bond acceptors (Lipinski definition) is 1. The second-order valence-corrected chi connectivity index (χ2v) is 13.2. The van der Waals surface area contributed by atoms with Gasteiger partial charge in [-0.05, 0) is 40.8 Å². The van der Waals surface area contributed by atoms with E-state index in [-0.39, 0.29) is 0 Å². The Balaban J connectivity index is 1.31. The fraction of sp³-hybridized carbons (Fsp3) is 0.190. The maximum absolute atomic E-state index is 2.64. The number of nitrogens with zero attached hydrogens (tertiary/aromatic N) is 1. The molecule has 0 aliphatic heterocycles. The van der Waals surface area contributed by atoms with Gasteiger partial charge in [0.2, 0.25) is 0 Å². The summed E-state index contributed by atoms with van der Waals surface area (Å²) in [4.78, 5) is 0. The minimum Gasteiger partial charge on any atom is -0.340 e. The molecule has 8 aromatic rings. The Kier molecular flexibility index (Phi) is 7.16. The molecule has 0 spiro atoms. The van der Waals surface area contributed by atoms with Gasteiger partial charge in [-0.3, -0.25) is 0 Å². The van der Waals surface area contributed by atoms with E-state index in [1.165, 1.54) is 114 Å². The summed E-state index contributed by atoms with van der Waals surface area (Å²) < 4.78 is 5.39. The van der Waals surface area contributed by atoms with Crippen LogP contribution in [-0.4, -0.2) is 4.57 Å². The highest BCUT2D eigenvalue weighted by Gasteiger charge is 2.17. The molecule has 2 heterocycles. The van der Waals surface area contributed by atoms with Gasteiger partial charge in [-0.1, -0.05) is 148 Å². The van der Waals surface area contributed by atoms with Crippen LogP contribution in [0, 0.1) is 0 Å². The average molecular weight is 588 g/mol. The molecule has 0 unspecified atom stereocenters. The van der Waals surface area contributed by atoms with Gasteiger partial charge < -0.3 is 4.57 Å². The zero-order chi connectivity index (χ0) is 29.5. The lowest BCUT2D eigenvalue weighted by molar-refractivity contribution is 0.571. The standard InChI is InChI=1S/C42H37NS/c1-2-3-4-5-6-13-26-43-39-27-31(29-14-9-7-10-15-29)18-20-33(39)35-22-25-38-36(41(35)43)23-24-37-34-21-19-32(28-40(34)44-42(37)38)30-16-11-8-12-17-30/h7-12,14-25,27-28H,2-6,13,26H2,1H3. The van der Waals surface area contributed by atoms with Crippen molar-refractivity contribution in [3.8, 4) is 22.3 Å². The number of benzene rings is 6. The van der Waals surface area contributed by atoms with E-state index >= 15 is 0 Å². The number of fused-ring (bicyclic) bond motifs is 9. The van der Waals surface area contributed by atoms with Crippen LogP contribution in [0.15, 0.2) is 121 Å². The van der Waals surface area contributed by atoms with E-state index in [0.717, 1.165) is 6.54 Å². The lowest BCUT2D eigenvalue weighted by Gasteiger charge is -2.11. The molecule has 0 fully saturated rings. The second kappa shape index (κ2) is 11.6. The summed E-state index contributed by atoms with van der Waals surface area (Å²) in [6, 6.07) is 45.1. The van der Waals surface area contributed by atoms with Gasteiger partial charge in [0.1, 0.15) is 0 Å². The minimum atomic E-state index is 1.05. The summed E-state index contributed by atoms with van der Waals surface area (Å²) in [5.41, 5.74) is 7.86. The van der Waals surface area contributed by atoms with Crippen molar-refractivity contribution in [2.75, 3.05) is 0 Å². The first-order valence-corrected chi connectivity index (χ1v) is 17.1. The number of thiophene rings is 1. The van der Waals surface area contributed by atoms with Crippen molar-refractivity contribution in [1.29, 1.82) is 0 Å². The highest BCUT2D eigenvalue weighted by Crippen LogP contribution is 2.43. The number of rotatable bonds is 9. The normalized spacial score (nSPS) is 11.9. The monoisotopic (exact) mass is 587 g/mol. The summed E-state index contributed by atoms with van der Waals surface area (Å²) in [7, 11) is 0. The highest BCUT2D eigenvalue weighted by molar-refractivity contribution is 7.26. The van der Waals surface area contributed by atoms with E-state index in [1.54, 1.807) is 0 Å². The molecule has 0 atom stereocenters. The van der Waals surface area contributed by atoms with Gasteiger partial charge in [0.15, 0.2) is 0 Å². The van der Waals surface area contributed by atoms with Crippen LogP contribution in [0.3, 0.4) is 0 Å². The summed E-state index contributed by atoms with van der Waals surface area (Å²) >= 11 is 1.94. The quantitative estimate of drug-likeness (QED) is 0.148. The van der Waals surface area contributed by atoms with Crippen molar-refractivity contribution in [2.24, 2.45) is 0 Å². The molecule has 0 saturated heterocycles.